The summed E-state index contributed by atoms with van der Waals surface area (Å²) >= 11 is 21.1. The minimum Gasteiger partial charge on any atom is -0.166 e. The van der Waals surface area contributed by atoms with Gasteiger partial charge in [0.05, 0.1) is 15.6 Å². The first-order chi connectivity index (χ1) is 9.74. The van der Waals surface area contributed by atoms with Gasteiger partial charge < -0.3 is 0 Å². The van der Waals surface area contributed by atoms with Gasteiger partial charge >= 0.3 is 6.18 Å². The van der Waals surface area contributed by atoms with Crippen LogP contribution < -0.4 is 0 Å². The Labute approximate surface area is 142 Å². The Kier molecular flexibility index (Phi) is 5.14. The minimum atomic E-state index is -4.43. The second kappa shape index (κ2) is 6.37. The quantitative estimate of drug-likeness (QED) is 0.357. The van der Waals surface area contributed by atoms with Gasteiger partial charge in [-0.1, -0.05) is 56.8 Å². The molecule has 2 rings (SSSR count). The van der Waals surface area contributed by atoms with E-state index in [1.807, 2.05) is 0 Å². The number of hydrogen-bond donors (Lipinski definition) is 0. The Bertz CT molecular complexity index is 684. The molecule has 0 atom stereocenters. The third-order valence-electron chi connectivity index (χ3n) is 2.88. The third kappa shape index (κ3) is 3.67. The van der Waals surface area contributed by atoms with Crippen LogP contribution in [-0.2, 0) is 11.5 Å². The molecule has 0 fully saturated rings. The smallest absolute Gasteiger partial charge is 0.166 e. The lowest BCUT2D eigenvalue weighted by Crippen LogP contribution is -2.05. The van der Waals surface area contributed by atoms with Gasteiger partial charge in [0.2, 0.25) is 0 Å². The van der Waals surface area contributed by atoms with Crippen LogP contribution in [0.2, 0.25) is 15.1 Å². The molecule has 21 heavy (non-hydrogen) atoms. The van der Waals surface area contributed by atoms with E-state index in [4.69, 9.17) is 34.8 Å². The van der Waals surface area contributed by atoms with Gasteiger partial charge in [-0.3, -0.25) is 0 Å². The summed E-state index contributed by atoms with van der Waals surface area (Å²) in [4.78, 5) is 0. The molecule has 112 valence electrons. The highest BCUT2D eigenvalue weighted by Crippen LogP contribution is 2.40. The van der Waals surface area contributed by atoms with Crippen LogP contribution in [0.15, 0.2) is 30.3 Å². The van der Waals surface area contributed by atoms with Crippen LogP contribution in [-0.4, -0.2) is 0 Å². The Morgan fingerprint density at radius 1 is 0.857 bits per heavy atom. The summed E-state index contributed by atoms with van der Waals surface area (Å²) in [6, 6.07) is 6.38. The molecule has 0 amide bonds. The normalized spacial score (nSPS) is 11.8. The predicted molar refractivity (Wildman–Crippen MR) is 84.5 cm³/mol. The molecular formula is C14H7BrCl3F3. The lowest BCUT2D eigenvalue weighted by molar-refractivity contribution is -0.137. The van der Waals surface area contributed by atoms with Crippen LogP contribution in [0.25, 0.3) is 11.1 Å². The lowest BCUT2D eigenvalue weighted by Gasteiger charge is -2.14. The van der Waals surface area contributed by atoms with Crippen molar-refractivity contribution in [1.29, 1.82) is 0 Å². The van der Waals surface area contributed by atoms with Crippen LogP contribution in [0.4, 0.5) is 13.2 Å². The fraction of sp³-hybridized carbons (Fsp3) is 0.143. The molecule has 0 bridgehead atoms. The molecule has 0 N–H and O–H groups in total. The molecule has 0 heterocycles. The van der Waals surface area contributed by atoms with Crippen LogP contribution >= 0.6 is 50.7 Å². The second-order valence-corrected chi connectivity index (χ2v) is 6.03. The fourth-order valence-electron chi connectivity index (χ4n) is 1.85. The SMILES string of the molecule is FC(F)(F)c1ccc(CBr)c(-c2cc(Cl)c(Cl)cc2Cl)c1. The Balaban J connectivity index is 2.70. The molecule has 0 aliphatic rings. The van der Waals surface area contributed by atoms with Crippen molar-refractivity contribution in [3.05, 3.63) is 56.5 Å². The van der Waals surface area contributed by atoms with Crippen molar-refractivity contribution >= 4 is 50.7 Å². The molecule has 0 nitrogen and oxygen atoms in total. The summed E-state index contributed by atoms with van der Waals surface area (Å²) in [6.07, 6.45) is -4.43. The van der Waals surface area contributed by atoms with E-state index in [0.717, 1.165) is 12.1 Å². The molecule has 0 saturated carbocycles. The molecule has 0 aliphatic carbocycles. The molecule has 0 radical (unpaired) electrons. The monoisotopic (exact) mass is 416 g/mol. The maximum absolute atomic E-state index is 12.9. The third-order valence-corrected chi connectivity index (χ3v) is 4.52. The van der Waals surface area contributed by atoms with Crippen molar-refractivity contribution in [2.75, 3.05) is 0 Å². The first-order valence-electron chi connectivity index (χ1n) is 5.65. The highest BCUT2D eigenvalue weighted by Gasteiger charge is 2.31. The van der Waals surface area contributed by atoms with Gasteiger partial charge in [0.25, 0.3) is 0 Å². The average molecular weight is 418 g/mol. The van der Waals surface area contributed by atoms with Gasteiger partial charge in [-0.2, -0.15) is 13.2 Å². The molecule has 0 unspecified atom stereocenters. The van der Waals surface area contributed by atoms with Crippen molar-refractivity contribution in [2.24, 2.45) is 0 Å². The molecule has 0 aliphatic heterocycles. The largest absolute Gasteiger partial charge is 0.416 e. The van der Waals surface area contributed by atoms with Crippen molar-refractivity contribution in [2.45, 2.75) is 11.5 Å². The standard InChI is InChI=1S/C14H7BrCl3F3/c15-6-7-1-2-8(14(19,20)21)3-9(7)10-4-12(17)13(18)5-11(10)16/h1-5H,6H2. The van der Waals surface area contributed by atoms with E-state index in [1.54, 1.807) is 0 Å². The summed E-state index contributed by atoms with van der Waals surface area (Å²) in [5.74, 6) is 0. The van der Waals surface area contributed by atoms with Crippen LogP contribution in [0.3, 0.4) is 0 Å². The number of hydrogen-bond acceptors (Lipinski definition) is 0. The summed E-state index contributed by atoms with van der Waals surface area (Å²) in [6.45, 7) is 0. The van der Waals surface area contributed by atoms with Crippen molar-refractivity contribution in [3.8, 4) is 11.1 Å². The zero-order valence-electron chi connectivity index (χ0n) is 10.2. The number of rotatable bonds is 2. The number of benzene rings is 2. The second-order valence-electron chi connectivity index (χ2n) is 4.25. The zero-order chi connectivity index (χ0) is 15.8. The van der Waals surface area contributed by atoms with Crippen molar-refractivity contribution in [3.63, 3.8) is 0 Å². The first-order valence-corrected chi connectivity index (χ1v) is 7.90. The van der Waals surface area contributed by atoms with E-state index in [-0.39, 0.29) is 15.1 Å². The van der Waals surface area contributed by atoms with Crippen LogP contribution in [0, 0.1) is 0 Å². The lowest BCUT2D eigenvalue weighted by atomic mass is 9.98. The minimum absolute atomic E-state index is 0.231. The zero-order valence-corrected chi connectivity index (χ0v) is 14.1. The highest BCUT2D eigenvalue weighted by atomic mass is 79.9. The van der Waals surface area contributed by atoms with Gasteiger partial charge in [0.1, 0.15) is 0 Å². The van der Waals surface area contributed by atoms with Crippen LogP contribution in [0.5, 0.6) is 0 Å². The van der Waals surface area contributed by atoms with Crippen LogP contribution in [0.1, 0.15) is 11.1 Å². The van der Waals surface area contributed by atoms with Gasteiger partial charge in [-0.05, 0) is 35.4 Å². The molecule has 0 spiro atoms. The average Bonchev–Trinajstić information content (AvgIpc) is 2.41. The summed E-state index contributed by atoms with van der Waals surface area (Å²) in [5, 5.41) is 1.11. The highest BCUT2D eigenvalue weighted by molar-refractivity contribution is 9.08. The molecule has 0 saturated heterocycles. The summed E-state index contributed by atoms with van der Waals surface area (Å²) < 4.78 is 38.6. The molecule has 2 aromatic carbocycles. The van der Waals surface area contributed by atoms with E-state index >= 15 is 0 Å². The summed E-state index contributed by atoms with van der Waals surface area (Å²) in [5.41, 5.74) is 0.699. The Morgan fingerprint density at radius 2 is 1.48 bits per heavy atom. The topological polar surface area (TPSA) is 0 Å². The van der Waals surface area contributed by atoms with E-state index in [9.17, 15) is 13.2 Å². The van der Waals surface area contributed by atoms with Gasteiger partial charge in [-0.25, -0.2) is 0 Å². The van der Waals surface area contributed by atoms with E-state index in [1.165, 1.54) is 18.2 Å². The maximum atomic E-state index is 12.9. The maximum Gasteiger partial charge on any atom is 0.416 e. The summed E-state index contributed by atoms with van der Waals surface area (Å²) in [7, 11) is 0. The molecule has 0 aromatic heterocycles. The van der Waals surface area contributed by atoms with Crippen molar-refractivity contribution < 1.29 is 13.2 Å². The first kappa shape index (κ1) is 16.9. The number of halogens is 7. The Morgan fingerprint density at radius 3 is 2.05 bits per heavy atom. The molecular weight excluding hydrogens is 411 g/mol. The van der Waals surface area contributed by atoms with E-state index < -0.39 is 11.7 Å². The number of alkyl halides is 4. The predicted octanol–water partition coefficient (Wildman–Crippen LogP) is 7.23. The van der Waals surface area contributed by atoms with Gasteiger partial charge in [0.15, 0.2) is 0 Å². The molecule has 2 aromatic rings. The van der Waals surface area contributed by atoms with Gasteiger partial charge in [-0.15, -0.1) is 0 Å². The Hall–Kier alpha value is -0.420. The van der Waals surface area contributed by atoms with Gasteiger partial charge in [0, 0.05) is 15.9 Å². The van der Waals surface area contributed by atoms with E-state index in [0.29, 0.717) is 22.0 Å². The molecule has 7 heteroatoms. The fourth-order valence-corrected chi connectivity index (χ4v) is 2.99. The van der Waals surface area contributed by atoms with E-state index in [2.05, 4.69) is 15.9 Å². The van der Waals surface area contributed by atoms with Crippen molar-refractivity contribution in [1.82, 2.24) is 0 Å².